The zero-order valence-electron chi connectivity index (χ0n) is 18.1. The van der Waals surface area contributed by atoms with Crippen molar-refractivity contribution in [3.63, 3.8) is 0 Å². The third-order valence-corrected chi connectivity index (χ3v) is 7.13. The zero-order valence-corrected chi connectivity index (χ0v) is 18.9. The number of para-hydroxylation sites is 1. The van der Waals surface area contributed by atoms with Crippen LogP contribution in [0.25, 0.3) is 10.1 Å². The standard InChI is InChI=1S/C24H28N4O2S/c1-24(2)16-21(29)25-22-18(24)7-5-8-19(22)30-15-14-27-10-12-28(13-11-27)23-17-6-3-4-9-20(17)31-26-23/h3-9H,10-16H2,1-2H3,(H,25,29). The van der Waals surface area contributed by atoms with E-state index in [9.17, 15) is 4.79 Å². The van der Waals surface area contributed by atoms with Crippen molar-refractivity contribution in [2.24, 2.45) is 0 Å². The highest BCUT2D eigenvalue weighted by Crippen LogP contribution is 2.42. The molecule has 3 heterocycles. The number of amides is 1. The predicted octanol–water partition coefficient (Wildman–Crippen LogP) is 4.12. The molecule has 2 aromatic carbocycles. The highest BCUT2D eigenvalue weighted by atomic mass is 32.1. The zero-order chi connectivity index (χ0) is 21.4. The van der Waals surface area contributed by atoms with Gasteiger partial charge in [-0.3, -0.25) is 9.69 Å². The fourth-order valence-corrected chi connectivity index (χ4v) is 5.39. The molecule has 3 aromatic rings. The van der Waals surface area contributed by atoms with E-state index in [-0.39, 0.29) is 11.3 Å². The third kappa shape index (κ3) is 4.00. The van der Waals surface area contributed by atoms with Crippen molar-refractivity contribution in [2.45, 2.75) is 25.7 Å². The first kappa shape index (κ1) is 20.3. The van der Waals surface area contributed by atoms with E-state index in [0.717, 1.165) is 55.5 Å². The molecule has 0 saturated carbocycles. The Morgan fingerprint density at radius 2 is 1.90 bits per heavy atom. The third-order valence-electron chi connectivity index (χ3n) is 6.32. The minimum Gasteiger partial charge on any atom is -0.490 e. The van der Waals surface area contributed by atoms with E-state index in [1.165, 1.54) is 10.1 Å². The summed E-state index contributed by atoms with van der Waals surface area (Å²) in [5, 5.41) is 4.27. The summed E-state index contributed by atoms with van der Waals surface area (Å²) in [6.07, 6.45) is 0.502. The lowest BCUT2D eigenvalue weighted by Crippen LogP contribution is -2.47. The Kier molecular flexibility index (Phi) is 5.32. The maximum absolute atomic E-state index is 12.1. The summed E-state index contributed by atoms with van der Waals surface area (Å²) in [4.78, 5) is 17.0. The summed E-state index contributed by atoms with van der Waals surface area (Å²) in [5.74, 6) is 1.94. The van der Waals surface area contributed by atoms with Gasteiger partial charge in [0.2, 0.25) is 5.91 Å². The van der Waals surface area contributed by atoms with Crippen LogP contribution < -0.4 is 15.0 Å². The lowest BCUT2D eigenvalue weighted by molar-refractivity contribution is -0.117. The van der Waals surface area contributed by atoms with Gasteiger partial charge in [0.1, 0.15) is 18.2 Å². The van der Waals surface area contributed by atoms with Gasteiger partial charge in [-0.15, -0.1) is 0 Å². The summed E-state index contributed by atoms with van der Waals surface area (Å²) in [6.45, 7) is 9.62. The molecule has 0 radical (unpaired) electrons. The molecule has 2 aliphatic heterocycles. The molecule has 7 heteroatoms. The Labute approximate surface area is 187 Å². The molecule has 5 rings (SSSR count). The SMILES string of the molecule is CC1(C)CC(=O)Nc2c(OCCN3CCN(c4nsc5ccccc45)CC3)cccc21. The van der Waals surface area contributed by atoms with Crippen molar-refractivity contribution in [1.82, 2.24) is 9.27 Å². The first-order valence-electron chi connectivity index (χ1n) is 10.9. The Morgan fingerprint density at radius 1 is 1.10 bits per heavy atom. The van der Waals surface area contributed by atoms with Gasteiger partial charge >= 0.3 is 0 Å². The molecule has 1 aromatic heterocycles. The molecule has 6 nitrogen and oxygen atoms in total. The van der Waals surface area contributed by atoms with Crippen molar-refractivity contribution in [3.8, 4) is 5.75 Å². The highest BCUT2D eigenvalue weighted by molar-refractivity contribution is 7.13. The highest BCUT2D eigenvalue weighted by Gasteiger charge is 2.33. The minimum absolute atomic E-state index is 0.0548. The number of hydrogen-bond acceptors (Lipinski definition) is 6. The lowest BCUT2D eigenvalue weighted by atomic mass is 9.78. The molecule has 31 heavy (non-hydrogen) atoms. The Morgan fingerprint density at radius 3 is 2.74 bits per heavy atom. The van der Waals surface area contributed by atoms with E-state index in [1.807, 2.05) is 12.1 Å². The van der Waals surface area contributed by atoms with Crippen LogP contribution in [0.4, 0.5) is 11.5 Å². The number of anilines is 2. The second kappa shape index (κ2) is 8.13. The van der Waals surface area contributed by atoms with Crippen LogP contribution in [0.1, 0.15) is 25.8 Å². The maximum Gasteiger partial charge on any atom is 0.225 e. The van der Waals surface area contributed by atoms with Crippen molar-refractivity contribution in [1.29, 1.82) is 0 Å². The summed E-state index contributed by atoms with van der Waals surface area (Å²) in [7, 11) is 0. The van der Waals surface area contributed by atoms with Crippen molar-refractivity contribution < 1.29 is 9.53 Å². The summed E-state index contributed by atoms with van der Waals surface area (Å²) in [5.41, 5.74) is 1.81. The molecule has 0 bridgehead atoms. The molecule has 1 N–H and O–H groups in total. The second-order valence-electron chi connectivity index (χ2n) is 8.97. The van der Waals surface area contributed by atoms with Crippen LogP contribution in [0.3, 0.4) is 0 Å². The number of piperazine rings is 1. The van der Waals surface area contributed by atoms with Crippen molar-refractivity contribution in [2.75, 3.05) is 49.5 Å². The molecule has 0 spiro atoms. The van der Waals surface area contributed by atoms with Crippen molar-refractivity contribution in [3.05, 3.63) is 48.0 Å². The average molecular weight is 437 g/mol. The molecule has 1 saturated heterocycles. The van der Waals surface area contributed by atoms with Crippen LogP contribution >= 0.6 is 11.5 Å². The normalized spacial score (nSPS) is 18.6. The molecule has 1 fully saturated rings. The van der Waals surface area contributed by atoms with Crippen LogP contribution in [-0.4, -0.2) is 54.5 Å². The number of aromatic nitrogens is 1. The van der Waals surface area contributed by atoms with Gasteiger partial charge in [0, 0.05) is 49.9 Å². The second-order valence-corrected chi connectivity index (χ2v) is 9.77. The number of benzene rings is 2. The Hall–Kier alpha value is -2.64. The van der Waals surface area contributed by atoms with Gasteiger partial charge in [-0.2, -0.15) is 4.37 Å². The van der Waals surface area contributed by atoms with E-state index >= 15 is 0 Å². The molecule has 1 amide bonds. The predicted molar refractivity (Wildman–Crippen MR) is 126 cm³/mol. The van der Waals surface area contributed by atoms with E-state index in [1.54, 1.807) is 11.5 Å². The topological polar surface area (TPSA) is 57.7 Å². The molecule has 162 valence electrons. The van der Waals surface area contributed by atoms with Gasteiger partial charge in [0.15, 0.2) is 0 Å². The number of ether oxygens (including phenoxy) is 1. The fraction of sp³-hybridized carbons (Fsp3) is 0.417. The Balaban J connectivity index is 1.17. The van der Waals surface area contributed by atoms with Crippen LogP contribution in [0.15, 0.2) is 42.5 Å². The number of carbonyl (C=O) groups is 1. The quantitative estimate of drug-likeness (QED) is 0.652. The number of hydrogen-bond donors (Lipinski definition) is 1. The lowest BCUT2D eigenvalue weighted by Gasteiger charge is -2.35. The van der Waals surface area contributed by atoms with E-state index < -0.39 is 0 Å². The molecule has 0 atom stereocenters. The van der Waals surface area contributed by atoms with Crippen LogP contribution in [-0.2, 0) is 10.2 Å². The van der Waals surface area contributed by atoms with Crippen molar-refractivity contribution >= 4 is 39.0 Å². The summed E-state index contributed by atoms with van der Waals surface area (Å²) >= 11 is 1.58. The van der Waals surface area contributed by atoms with E-state index in [2.05, 4.69) is 59.3 Å². The number of nitrogens with one attached hydrogen (secondary N) is 1. The molecule has 2 aliphatic rings. The number of nitrogens with zero attached hydrogens (tertiary/aromatic N) is 3. The number of fused-ring (bicyclic) bond motifs is 2. The fourth-order valence-electron chi connectivity index (χ4n) is 4.59. The Bertz CT molecular complexity index is 1100. The van der Waals surface area contributed by atoms with Crippen LogP contribution in [0.2, 0.25) is 0 Å². The van der Waals surface area contributed by atoms with Gasteiger partial charge < -0.3 is 15.0 Å². The molecule has 0 unspecified atom stereocenters. The van der Waals surface area contributed by atoms with Crippen LogP contribution in [0, 0.1) is 0 Å². The minimum atomic E-state index is -0.173. The van der Waals surface area contributed by atoms with Gasteiger partial charge in [0.25, 0.3) is 0 Å². The van der Waals surface area contributed by atoms with Gasteiger partial charge in [-0.25, -0.2) is 0 Å². The van der Waals surface area contributed by atoms with Gasteiger partial charge in [0.05, 0.1) is 10.4 Å². The smallest absolute Gasteiger partial charge is 0.225 e. The average Bonchev–Trinajstić information content (AvgIpc) is 3.18. The maximum atomic E-state index is 12.1. The first-order chi connectivity index (χ1) is 15.0. The largest absolute Gasteiger partial charge is 0.490 e. The monoisotopic (exact) mass is 436 g/mol. The number of rotatable bonds is 5. The molecular formula is C24H28N4O2S. The summed E-state index contributed by atoms with van der Waals surface area (Å²) < 4.78 is 12.1. The van der Waals surface area contributed by atoms with Gasteiger partial charge in [-0.05, 0) is 35.3 Å². The molecule has 0 aliphatic carbocycles. The molecular weight excluding hydrogens is 408 g/mol. The first-order valence-corrected chi connectivity index (χ1v) is 11.7. The summed E-state index contributed by atoms with van der Waals surface area (Å²) in [6, 6.07) is 14.5. The van der Waals surface area contributed by atoms with E-state index in [4.69, 9.17) is 9.11 Å². The van der Waals surface area contributed by atoms with E-state index in [0.29, 0.717) is 13.0 Å². The van der Waals surface area contributed by atoms with Crippen LogP contribution in [0.5, 0.6) is 5.75 Å². The van der Waals surface area contributed by atoms with Gasteiger partial charge in [-0.1, -0.05) is 38.1 Å². The number of carbonyl (C=O) groups excluding carboxylic acids is 1.